The van der Waals surface area contributed by atoms with Crippen LogP contribution in [0.3, 0.4) is 0 Å². The Morgan fingerprint density at radius 1 is 0.921 bits per heavy atom. The minimum atomic E-state index is -1.27. The summed E-state index contributed by atoms with van der Waals surface area (Å²) in [6.07, 6.45) is 6.32. The zero-order valence-electron chi connectivity index (χ0n) is 23.9. The molecule has 4 amide bonds. The Labute approximate surface area is 228 Å². The first kappa shape index (κ1) is 32.9. The number of nitrogens with two attached hydrogens (primary N) is 1. The van der Waals surface area contributed by atoms with Crippen molar-refractivity contribution in [2.75, 3.05) is 13.1 Å². The van der Waals surface area contributed by atoms with Crippen LogP contribution in [-0.2, 0) is 19.1 Å². The summed E-state index contributed by atoms with van der Waals surface area (Å²) in [5, 5.41) is 5.49. The van der Waals surface area contributed by atoms with Crippen molar-refractivity contribution in [1.82, 2.24) is 15.5 Å². The molecule has 0 radical (unpaired) electrons. The van der Waals surface area contributed by atoms with Gasteiger partial charge in [-0.15, -0.1) is 0 Å². The van der Waals surface area contributed by atoms with Gasteiger partial charge in [0.15, 0.2) is 0 Å². The molecule has 38 heavy (non-hydrogen) atoms. The topological polar surface area (TPSA) is 131 Å². The first-order valence-electron chi connectivity index (χ1n) is 13.9. The van der Waals surface area contributed by atoms with Gasteiger partial charge in [0.25, 0.3) is 0 Å². The van der Waals surface area contributed by atoms with Gasteiger partial charge in [0, 0.05) is 13.1 Å². The maximum Gasteiger partial charge on any atom is 0.408 e. The van der Waals surface area contributed by atoms with Crippen LogP contribution in [0.25, 0.3) is 0 Å². The summed E-state index contributed by atoms with van der Waals surface area (Å²) in [6, 6.07) is 6.89. The molecule has 1 aromatic rings. The van der Waals surface area contributed by atoms with Crippen molar-refractivity contribution in [2.45, 2.75) is 110 Å². The highest BCUT2D eigenvalue weighted by Crippen LogP contribution is 2.24. The number of carbonyl (C=O) groups is 4. The van der Waals surface area contributed by atoms with Gasteiger partial charge >= 0.3 is 6.09 Å². The minimum Gasteiger partial charge on any atom is -0.444 e. The molecule has 0 aliphatic heterocycles. The number of nitrogens with one attached hydrogen (secondary N) is 2. The molecular weight excluding hydrogens is 484 g/mol. The van der Waals surface area contributed by atoms with Crippen molar-refractivity contribution in [2.24, 2.45) is 5.73 Å². The van der Waals surface area contributed by atoms with Gasteiger partial charge in [-0.2, -0.15) is 0 Å². The third-order valence-corrected chi connectivity index (χ3v) is 5.93. The van der Waals surface area contributed by atoms with E-state index in [4.69, 9.17) is 10.5 Å². The number of hydrogen-bond acceptors (Lipinski definition) is 5. The molecule has 4 N–H and O–H groups in total. The van der Waals surface area contributed by atoms with Crippen LogP contribution < -0.4 is 16.4 Å². The lowest BCUT2D eigenvalue weighted by Crippen LogP contribution is -2.54. The summed E-state index contributed by atoms with van der Waals surface area (Å²) in [6.45, 7) is 10.1. The predicted molar refractivity (Wildman–Crippen MR) is 149 cm³/mol. The molecule has 2 unspecified atom stereocenters. The lowest BCUT2D eigenvalue weighted by atomic mass is 10.0. The smallest absolute Gasteiger partial charge is 0.408 e. The molecule has 2 atom stereocenters. The normalized spacial score (nSPS) is 12.8. The summed E-state index contributed by atoms with van der Waals surface area (Å²) in [5.74, 6) is -1.60. The molecule has 9 nitrogen and oxygen atoms in total. The number of carbonyl (C=O) groups excluding carboxylic acids is 4. The van der Waals surface area contributed by atoms with E-state index < -0.39 is 42.0 Å². The molecule has 0 aliphatic carbocycles. The molecule has 0 heterocycles. The SMILES string of the molecule is CCCCCCCN(C(=O)C(CC(N)=O)NC(=O)OC(C)(C)C)C(C(=O)NCCCCC)c1ccccc1. The molecule has 0 aliphatic rings. The lowest BCUT2D eigenvalue weighted by molar-refractivity contribution is -0.143. The van der Waals surface area contributed by atoms with Crippen molar-refractivity contribution in [1.29, 1.82) is 0 Å². The van der Waals surface area contributed by atoms with Crippen molar-refractivity contribution in [3.05, 3.63) is 35.9 Å². The maximum atomic E-state index is 14.0. The first-order valence-corrected chi connectivity index (χ1v) is 13.9. The number of unbranched alkanes of at least 4 members (excludes halogenated alkanes) is 6. The standard InChI is InChI=1S/C29H48N4O5/c1-6-8-10-11-16-20-33(27(36)23(21-24(30)34)32-28(37)38-29(3,4)5)25(22-17-13-12-14-18-22)26(35)31-19-15-9-7-2/h12-14,17-18,23,25H,6-11,15-16,19-21H2,1-5H3,(H2,30,34)(H,31,35)(H,32,37). The molecule has 0 fully saturated rings. The number of nitrogens with zero attached hydrogens (tertiary/aromatic N) is 1. The molecule has 0 aromatic heterocycles. The largest absolute Gasteiger partial charge is 0.444 e. The Morgan fingerprint density at radius 3 is 2.11 bits per heavy atom. The van der Waals surface area contributed by atoms with E-state index in [1.165, 1.54) is 4.90 Å². The number of hydrogen-bond donors (Lipinski definition) is 3. The summed E-state index contributed by atoms with van der Waals surface area (Å²) in [4.78, 5) is 53.4. The Kier molecular flexibility index (Phi) is 15.1. The second kappa shape index (κ2) is 17.4. The van der Waals surface area contributed by atoms with E-state index in [9.17, 15) is 19.2 Å². The molecule has 0 saturated carbocycles. The van der Waals surface area contributed by atoms with Crippen molar-refractivity contribution in [3.63, 3.8) is 0 Å². The Hall–Kier alpha value is -3.10. The fraction of sp³-hybridized carbons (Fsp3) is 0.655. The van der Waals surface area contributed by atoms with Gasteiger partial charge in [-0.05, 0) is 39.2 Å². The number of alkyl carbamates (subject to hydrolysis) is 1. The highest BCUT2D eigenvalue weighted by Gasteiger charge is 2.36. The van der Waals surface area contributed by atoms with Crippen LogP contribution in [0.1, 0.15) is 104 Å². The third kappa shape index (κ3) is 12.9. The van der Waals surface area contributed by atoms with Crippen LogP contribution in [0.15, 0.2) is 30.3 Å². The number of ether oxygens (including phenoxy) is 1. The molecule has 0 spiro atoms. The highest BCUT2D eigenvalue weighted by atomic mass is 16.6. The Morgan fingerprint density at radius 2 is 1.53 bits per heavy atom. The average molecular weight is 533 g/mol. The molecule has 214 valence electrons. The Balaban J connectivity index is 3.35. The van der Waals surface area contributed by atoms with Crippen LogP contribution in [-0.4, -0.2) is 53.4 Å². The fourth-order valence-corrected chi connectivity index (χ4v) is 4.09. The van der Waals surface area contributed by atoms with Crippen LogP contribution >= 0.6 is 0 Å². The van der Waals surface area contributed by atoms with E-state index in [-0.39, 0.29) is 12.5 Å². The van der Waals surface area contributed by atoms with Crippen LogP contribution in [0.4, 0.5) is 4.79 Å². The second-order valence-electron chi connectivity index (χ2n) is 10.6. The van der Waals surface area contributed by atoms with E-state index in [2.05, 4.69) is 24.5 Å². The van der Waals surface area contributed by atoms with Gasteiger partial charge in [-0.3, -0.25) is 14.4 Å². The van der Waals surface area contributed by atoms with Gasteiger partial charge < -0.3 is 26.0 Å². The Bertz CT molecular complexity index is 869. The van der Waals surface area contributed by atoms with Gasteiger partial charge in [0.05, 0.1) is 6.42 Å². The summed E-state index contributed by atoms with van der Waals surface area (Å²) in [5.41, 5.74) is 5.30. The summed E-state index contributed by atoms with van der Waals surface area (Å²) < 4.78 is 5.32. The molecule has 1 aromatic carbocycles. The monoisotopic (exact) mass is 532 g/mol. The van der Waals surface area contributed by atoms with Gasteiger partial charge in [-0.1, -0.05) is 82.7 Å². The van der Waals surface area contributed by atoms with E-state index >= 15 is 0 Å². The van der Waals surface area contributed by atoms with E-state index in [1.54, 1.807) is 32.9 Å². The quantitative estimate of drug-likeness (QED) is 0.252. The van der Waals surface area contributed by atoms with Crippen LogP contribution in [0, 0.1) is 0 Å². The lowest BCUT2D eigenvalue weighted by Gasteiger charge is -2.34. The average Bonchev–Trinajstić information content (AvgIpc) is 2.84. The number of primary amides is 1. The van der Waals surface area contributed by atoms with Gasteiger partial charge in [0.2, 0.25) is 17.7 Å². The molecule has 0 saturated heterocycles. The minimum absolute atomic E-state index is 0.287. The first-order chi connectivity index (χ1) is 18.0. The van der Waals surface area contributed by atoms with Crippen molar-refractivity contribution in [3.8, 4) is 0 Å². The summed E-state index contributed by atoms with van der Waals surface area (Å²) >= 11 is 0. The van der Waals surface area contributed by atoms with Crippen LogP contribution in [0.2, 0.25) is 0 Å². The molecule has 1 rings (SSSR count). The number of rotatable bonds is 17. The van der Waals surface area contributed by atoms with E-state index in [0.29, 0.717) is 18.5 Å². The maximum absolute atomic E-state index is 14.0. The van der Waals surface area contributed by atoms with E-state index in [1.807, 2.05) is 18.2 Å². The van der Waals surface area contributed by atoms with Gasteiger partial charge in [-0.25, -0.2) is 4.79 Å². The molecular formula is C29H48N4O5. The van der Waals surface area contributed by atoms with Crippen molar-refractivity contribution >= 4 is 23.8 Å². The summed E-state index contributed by atoms with van der Waals surface area (Å²) in [7, 11) is 0. The zero-order chi connectivity index (χ0) is 28.6. The third-order valence-electron chi connectivity index (χ3n) is 5.93. The molecule has 9 heteroatoms. The molecule has 0 bridgehead atoms. The number of benzene rings is 1. The predicted octanol–water partition coefficient (Wildman–Crippen LogP) is 4.60. The highest BCUT2D eigenvalue weighted by molar-refractivity contribution is 5.94. The fourth-order valence-electron chi connectivity index (χ4n) is 4.09. The van der Waals surface area contributed by atoms with Gasteiger partial charge in [0.1, 0.15) is 17.7 Å². The number of amides is 4. The zero-order valence-corrected chi connectivity index (χ0v) is 23.9. The van der Waals surface area contributed by atoms with Crippen LogP contribution in [0.5, 0.6) is 0 Å². The van der Waals surface area contributed by atoms with E-state index in [0.717, 1.165) is 44.9 Å². The van der Waals surface area contributed by atoms with Crippen molar-refractivity contribution < 1.29 is 23.9 Å². The second-order valence-corrected chi connectivity index (χ2v) is 10.6.